The fourth-order valence-corrected chi connectivity index (χ4v) is 2.72. The summed E-state index contributed by atoms with van der Waals surface area (Å²) in [5.41, 5.74) is 0. The second kappa shape index (κ2) is 19.1. The topological polar surface area (TPSA) is 60.4 Å². The average molecular weight is 306 g/mol. The van der Waals surface area contributed by atoms with Crippen molar-refractivity contribution in [1.82, 2.24) is 0 Å². The number of aliphatic carboxylic acids is 1. The summed E-state index contributed by atoms with van der Waals surface area (Å²) in [5, 5.41) is 19.8. The van der Waals surface area contributed by atoms with E-state index in [1.807, 2.05) is 0 Å². The van der Waals surface area contributed by atoms with Gasteiger partial charge < -0.3 is 15.0 Å². The minimum absolute atomic E-state index is 0. The van der Waals surface area contributed by atoms with Crippen LogP contribution in [0.2, 0.25) is 0 Å². The molecule has 0 aliphatic heterocycles. The van der Waals surface area contributed by atoms with Gasteiger partial charge in [0.05, 0.1) is 6.10 Å². The van der Waals surface area contributed by atoms with E-state index >= 15 is 0 Å². The summed E-state index contributed by atoms with van der Waals surface area (Å²) in [6, 6.07) is 0. The Bertz CT molecular complexity index is 234. The number of rotatable bonds is 16. The maximum atomic E-state index is 10.2. The quantitative estimate of drug-likeness (QED) is 0.341. The molecule has 0 aromatic carbocycles. The molecule has 0 saturated heterocycles. The van der Waals surface area contributed by atoms with E-state index < -0.39 is 5.97 Å². The number of carboxylic acid groups (broad SMARTS) is 1. The van der Waals surface area contributed by atoms with Gasteiger partial charge in [-0.25, -0.2) is 0 Å². The van der Waals surface area contributed by atoms with Crippen molar-refractivity contribution in [2.45, 2.75) is 109 Å². The number of hydrogen-bond acceptors (Lipinski definition) is 3. The number of aliphatic hydroxyl groups is 1. The first-order valence-corrected chi connectivity index (χ1v) is 9.04. The molecule has 22 heavy (non-hydrogen) atoms. The van der Waals surface area contributed by atoms with Gasteiger partial charge in [-0.3, -0.25) is 0 Å². The maximum absolute atomic E-state index is 10.2. The van der Waals surface area contributed by atoms with Crippen LogP contribution in [0.1, 0.15) is 103 Å². The van der Waals surface area contributed by atoms with E-state index in [2.05, 4.69) is 6.92 Å². The largest absolute Gasteiger partial charge is 1.00 e. The van der Waals surface area contributed by atoms with Gasteiger partial charge in [0.15, 0.2) is 0 Å². The molecule has 0 bridgehead atoms. The van der Waals surface area contributed by atoms with Crippen molar-refractivity contribution in [2.75, 3.05) is 0 Å². The van der Waals surface area contributed by atoms with Crippen LogP contribution in [0.3, 0.4) is 0 Å². The summed E-state index contributed by atoms with van der Waals surface area (Å²) in [6.07, 6.45) is 16.2. The molecular weight excluding hydrogens is 271 g/mol. The monoisotopic (exact) mass is 306 g/mol. The zero-order valence-electron chi connectivity index (χ0n) is 14.9. The summed E-state index contributed by atoms with van der Waals surface area (Å²) in [7, 11) is 0. The molecule has 1 atom stereocenters. The van der Waals surface area contributed by atoms with E-state index in [0.29, 0.717) is 0 Å². The number of aliphatic hydroxyl groups excluding tert-OH is 1. The molecule has 1 N–H and O–H groups in total. The molecule has 0 aromatic heterocycles. The van der Waals surface area contributed by atoms with Crippen LogP contribution in [0.15, 0.2) is 0 Å². The Morgan fingerprint density at radius 2 is 1.23 bits per heavy atom. The molecule has 0 aliphatic rings. The molecule has 4 heteroatoms. The van der Waals surface area contributed by atoms with Crippen LogP contribution in [0.25, 0.3) is 0 Å². The molecule has 126 valence electrons. The van der Waals surface area contributed by atoms with Gasteiger partial charge in [-0.15, -0.1) is 0 Å². The van der Waals surface area contributed by atoms with Crippen molar-refractivity contribution >= 4 is 5.97 Å². The molecule has 0 amide bonds. The van der Waals surface area contributed by atoms with Gasteiger partial charge >= 0.3 is 18.9 Å². The molecule has 0 heterocycles. The van der Waals surface area contributed by atoms with Gasteiger partial charge in [0, 0.05) is 5.97 Å². The average Bonchev–Trinajstić information content (AvgIpc) is 2.44. The fraction of sp³-hybridized carbons (Fsp3) is 0.944. The van der Waals surface area contributed by atoms with Crippen molar-refractivity contribution < 1.29 is 33.9 Å². The van der Waals surface area contributed by atoms with Crippen molar-refractivity contribution in [1.29, 1.82) is 0 Å². The summed E-state index contributed by atoms with van der Waals surface area (Å²) < 4.78 is 0. The number of carboxylic acids is 1. The van der Waals surface area contributed by atoms with Crippen LogP contribution in [-0.2, 0) is 4.79 Å². The smallest absolute Gasteiger partial charge is 0.550 e. The Labute approximate surface area is 149 Å². The maximum Gasteiger partial charge on any atom is 1.00 e. The zero-order valence-corrected chi connectivity index (χ0v) is 14.9. The van der Waals surface area contributed by atoms with Crippen LogP contribution < -0.4 is 24.0 Å². The van der Waals surface area contributed by atoms with E-state index in [9.17, 15) is 15.0 Å². The molecule has 0 spiro atoms. The molecule has 0 rings (SSSR count). The summed E-state index contributed by atoms with van der Waals surface area (Å²) in [4.78, 5) is 10.2. The standard InChI is InChI=1S/C18H36O3.Li/c1-2-14-17(19)15-12-10-8-6-4-3-5-7-9-11-13-16-18(20)21;/h17,19H,2-16H2,1H3,(H,20,21);/q;+1/p-1. The van der Waals surface area contributed by atoms with E-state index in [-0.39, 0.29) is 31.4 Å². The van der Waals surface area contributed by atoms with Gasteiger partial charge in [-0.2, -0.15) is 0 Å². The third-order valence-electron chi connectivity index (χ3n) is 4.04. The fourth-order valence-electron chi connectivity index (χ4n) is 2.72. The number of unbranched alkanes of at least 4 members (excludes halogenated alkanes) is 10. The third kappa shape index (κ3) is 20.0. The molecular formula is C18H35LiO3. The second-order valence-corrected chi connectivity index (χ2v) is 6.24. The molecule has 0 aromatic rings. The first-order valence-electron chi connectivity index (χ1n) is 9.04. The zero-order chi connectivity index (χ0) is 15.8. The SMILES string of the molecule is CCCC(O)CCCCCCCCCCCCCC(=O)[O-].[Li+]. The van der Waals surface area contributed by atoms with E-state index in [4.69, 9.17) is 0 Å². The first kappa shape index (κ1) is 24.3. The predicted octanol–water partition coefficient (Wildman–Crippen LogP) is 0.973. The van der Waals surface area contributed by atoms with Crippen molar-refractivity contribution in [2.24, 2.45) is 0 Å². The number of carbonyl (C=O) groups excluding carboxylic acids is 1. The van der Waals surface area contributed by atoms with Crippen LogP contribution in [-0.4, -0.2) is 17.2 Å². The van der Waals surface area contributed by atoms with Crippen LogP contribution in [0.4, 0.5) is 0 Å². The minimum atomic E-state index is -0.919. The normalized spacial score (nSPS) is 11.9. The van der Waals surface area contributed by atoms with Crippen LogP contribution >= 0.6 is 0 Å². The first-order chi connectivity index (χ1) is 10.2. The van der Waals surface area contributed by atoms with Gasteiger partial charge in [-0.1, -0.05) is 77.6 Å². The molecule has 3 nitrogen and oxygen atoms in total. The van der Waals surface area contributed by atoms with Gasteiger partial charge in [-0.05, 0) is 25.7 Å². The summed E-state index contributed by atoms with van der Waals surface area (Å²) in [6.45, 7) is 2.12. The second-order valence-electron chi connectivity index (χ2n) is 6.24. The Balaban J connectivity index is 0. The van der Waals surface area contributed by atoms with Crippen LogP contribution in [0, 0.1) is 0 Å². The molecule has 0 saturated carbocycles. The Kier molecular flexibility index (Phi) is 21.1. The third-order valence-corrected chi connectivity index (χ3v) is 4.04. The van der Waals surface area contributed by atoms with Crippen molar-refractivity contribution in [3.8, 4) is 0 Å². The van der Waals surface area contributed by atoms with E-state index in [1.165, 1.54) is 51.4 Å². The van der Waals surface area contributed by atoms with Crippen molar-refractivity contribution in [3.63, 3.8) is 0 Å². The summed E-state index contributed by atoms with van der Waals surface area (Å²) >= 11 is 0. The molecule has 0 radical (unpaired) electrons. The van der Waals surface area contributed by atoms with Gasteiger partial charge in [0.25, 0.3) is 0 Å². The Hall–Kier alpha value is 0.0274. The van der Waals surface area contributed by atoms with Gasteiger partial charge in [0.2, 0.25) is 0 Å². The number of hydrogen-bond donors (Lipinski definition) is 1. The van der Waals surface area contributed by atoms with E-state index in [1.54, 1.807) is 0 Å². The Morgan fingerprint density at radius 3 is 1.64 bits per heavy atom. The van der Waals surface area contributed by atoms with Crippen molar-refractivity contribution in [3.05, 3.63) is 0 Å². The molecule has 0 fully saturated rings. The predicted molar refractivity (Wildman–Crippen MR) is 85.9 cm³/mol. The molecule has 0 aliphatic carbocycles. The number of carbonyl (C=O) groups is 1. The molecule has 1 unspecified atom stereocenters. The minimum Gasteiger partial charge on any atom is -0.550 e. The summed E-state index contributed by atoms with van der Waals surface area (Å²) in [5.74, 6) is -0.919. The Morgan fingerprint density at radius 1 is 0.818 bits per heavy atom. The van der Waals surface area contributed by atoms with Crippen LogP contribution in [0.5, 0.6) is 0 Å². The van der Waals surface area contributed by atoms with Gasteiger partial charge in [0.1, 0.15) is 0 Å². The van der Waals surface area contributed by atoms with E-state index in [0.717, 1.165) is 38.5 Å².